The van der Waals surface area contributed by atoms with Gasteiger partial charge in [-0.25, -0.2) is 9.97 Å². The highest BCUT2D eigenvalue weighted by molar-refractivity contribution is 5.67. The number of nitrogens with zero attached hydrogens (tertiary/aromatic N) is 3. The van der Waals surface area contributed by atoms with E-state index in [1.807, 2.05) is 6.92 Å². The second kappa shape index (κ2) is 5.94. The number of nitrogens with one attached hydrogen (secondary N) is 1. The summed E-state index contributed by atoms with van der Waals surface area (Å²) >= 11 is 0. The second-order valence-electron chi connectivity index (χ2n) is 3.54. The summed E-state index contributed by atoms with van der Waals surface area (Å²) in [5.74, 6) is -0.171. The minimum atomic E-state index is -0.649. The van der Waals surface area contributed by atoms with Crippen molar-refractivity contribution >= 4 is 17.3 Å². The monoisotopic (exact) mass is 241 g/mol. The normalized spacial score (nSPS) is 12.1. The molecule has 0 spiro atoms. The highest BCUT2D eigenvalue weighted by Crippen LogP contribution is 2.26. The summed E-state index contributed by atoms with van der Waals surface area (Å²) in [6.45, 7) is 2.12. The van der Waals surface area contributed by atoms with E-state index < -0.39 is 11.0 Å². The number of anilines is 2. The smallest absolute Gasteiger partial charge is 0.352 e. The number of nitro groups is 1. The van der Waals surface area contributed by atoms with Crippen LogP contribution in [0.2, 0.25) is 0 Å². The van der Waals surface area contributed by atoms with Crippen molar-refractivity contribution in [1.29, 1.82) is 0 Å². The first-order valence-electron chi connectivity index (χ1n) is 5.23. The number of hydrogen-bond donors (Lipinski definition) is 3. The summed E-state index contributed by atoms with van der Waals surface area (Å²) in [5.41, 5.74) is 5.03. The molecule has 17 heavy (non-hydrogen) atoms. The van der Waals surface area contributed by atoms with Gasteiger partial charge in [-0.3, -0.25) is 10.1 Å². The van der Waals surface area contributed by atoms with Gasteiger partial charge in [-0.05, 0) is 6.42 Å². The minimum Gasteiger partial charge on any atom is -0.391 e. The van der Waals surface area contributed by atoms with E-state index in [4.69, 9.17) is 5.73 Å². The molecule has 0 fully saturated rings. The van der Waals surface area contributed by atoms with E-state index in [-0.39, 0.29) is 23.9 Å². The molecular formula is C9H15N5O3. The van der Waals surface area contributed by atoms with Gasteiger partial charge >= 0.3 is 5.69 Å². The molecule has 1 unspecified atom stereocenters. The quantitative estimate of drug-likeness (QED) is 0.489. The van der Waals surface area contributed by atoms with Gasteiger partial charge in [0.05, 0.1) is 11.0 Å². The molecule has 0 aromatic carbocycles. The average molecular weight is 241 g/mol. The Kier molecular flexibility index (Phi) is 4.58. The minimum absolute atomic E-state index is 0.0256. The molecule has 1 rings (SSSR count). The molecule has 94 valence electrons. The van der Waals surface area contributed by atoms with E-state index >= 15 is 0 Å². The van der Waals surface area contributed by atoms with Crippen LogP contribution in [-0.4, -0.2) is 32.6 Å². The first-order chi connectivity index (χ1) is 8.06. The Morgan fingerprint density at radius 2 is 2.35 bits per heavy atom. The van der Waals surface area contributed by atoms with Gasteiger partial charge in [0.25, 0.3) is 0 Å². The second-order valence-corrected chi connectivity index (χ2v) is 3.54. The Bertz CT molecular complexity index is 398. The summed E-state index contributed by atoms with van der Waals surface area (Å²) in [5, 5.41) is 23.0. The van der Waals surface area contributed by atoms with Crippen LogP contribution in [-0.2, 0) is 0 Å². The van der Waals surface area contributed by atoms with E-state index in [0.717, 1.165) is 12.7 Å². The van der Waals surface area contributed by atoms with Gasteiger partial charge in [-0.15, -0.1) is 0 Å². The molecule has 0 amide bonds. The molecule has 1 atom stereocenters. The first kappa shape index (κ1) is 13.1. The largest absolute Gasteiger partial charge is 0.391 e. The van der Waals surface area contributed by atoms with Crippen LogP contribution < -0.4 is 11.1 Å². The number of aromatic nitrogens is 2. The Morgan fingerprint density at radius 3 is 2.94 bits per heavy atom. The Hall–Kier alpha value is -1.96. The molecule has 1 aromatic heterocycles. The summed E-state index contributed by atoms with van der Waals surface area (Å²) in [4.78, 5) is 17.4. The molecule has 8 heteroatoms. The Labute approximate surface area is 98.0 Å². The molecular weight excluding hydrogens is 226 g/mol. The van der Waals surface area contributed by atoms with Crippen LogP contribution in [0.4, 0.5) is 17.3 Å². The summed E-state index contributed by atoms with van der Waals surface area (Å²) in [6, 6.07) is 0. The van der Waals surface area contributed by atoms with Gasteiger partial charge in [0.2, 0.25) is 11.6 Å². The van der Waals surface area contributed by atoms with E-state index in [0.29, 0.717) is 6.42 Å². The van der Waals surface area contributed by atoms with Crippen LogP contribution >= 0.6 is 0 Å². The maximum Gasteiger partial charge on any atom is 0.352 e. The van der Waals surface area contributed by atoms with Gasteiger partial charge in [0.15, 0.2) is 0 Å². The van der Waals surface area contributed by atoms with Crippen molar-refractivity contribution in [3.05, 3.63) is 16.4 Å². The van der Waals surface area contributed by atoms with Crippen molar-refractivity contribution in [2.75, 3.05) is 17.6 Å². The zero-order valence-corrected chi connectivity index (χ0v) is 9.46. The van der Waals surface area contributed by atoms with Gasteiger partial charge in [-0.2, -0.15) is 0 Å². The average Bonchev–Trinajstić information content (AvgIpc) is 2.26. The van der Waals surface area contributed by atoms with Crippen molar-refractivity contribution < 1.29 is 10.0 Å². The lowest BCUT2D eigenvalue weighted by atomic mass is 10.2. The zero-order chi connectivity index (χ0) is 12.8. The highest BCUT2D eigenvalue weighted by Gasteiger charge is 2.20. The molecule has 0 radical (unpaired) electrons. The number of aliphatic hydroxyl groups excluding tert-OH is 1. The van der Waals surface area contributed by atoms with Gasteiger partial charge in [0, 0.05) is 6.54 Å². The lowest BCUT2D eigenvalue weighted by molar-refractivity contribution is -0.383. The molecule has 1 aromatic rings. The fourth-order valence-corrected chi connectivity index (χ4v) is 1.35. The lowest BCUT2D eigenvalue weighted by Crippen LogP contribution is -2.20. The van der Waals surface area contributed by atoms with Crippen molar-refractivity contribution in [2.45, 2.75) is 25.9 Å². The number of aliphatic hydroxyl groups is 1. The van der Waals surface area contributed by atoms with E-state index in [1.54, 1.807) is 0 Å². The van der Waals surface area contributed by atoms with Crippen molar-refractivity contribution in [3.8, 4) is 0 Å². The predicted molar refractivity (Wildman–Crippen MR) is 62.5 cm³/mol. The molecule has 4 N–H and O–H groups in total. The van der Waals surface area contributed by atoms with Crippen LogP contribution in [0.1, 0.15) is 19.8 Å². The van der Waals surface area contributed by atoms with Gasteiger partial charge in [-0.1, -0.05) is 13.3 Å². The van der Waals surface area contributed by atoms with Crippen LogP contribution in [0.15, 0.2) is 6.33 Å². The molecule has 0 aliphatic carbocycles. The summed E-state index contributed by atoms with van der Waals surface area (Å²) < 4.78 is 0. The van der Waals surface area contributed by atoms with Gasteiger partial charge < -0.3 is 16.2 Å². The van der Waals surface area contributed by atoms with Crippen LogP contribution in [0.3, 0.4) is 0 Å². The van der Waals surface area contributed by atoms with E-state index in [2.05, 4.69) is 15.3 Å². The first-order valence-corrected chi connectivity index (χ1v) is 5.23. The maximum absolute atomic E-state index is 10.8. The standard InChI is InChI=1S/C9H15N5O3/c1-2-3-6(15)4-11-9-7(14(16)17)8(10)12-5-13-9/h5-6,15H,2-4H2,1H3,(H3,10,11,12,13). The molecule has 0 saturated heterocycles. The lowest BCUT2D eigenvalue weighted by Gasteiger charge is -2.11. The number of nitrogen functional groups attached to an aromatic ring is 1. The SMILES string of the molecule is CCCC(O)CNc1ncnc(N)c1[N+](=O)[O-]. The third kappa shape index (κ3) is 3.52. The molecule has 8 nitrogen and oxygen atoms in total. The van der Waals surface area contributed by atoms with Crippen molar-refractivity contribution in [1.82, 2.24) is 9.97 Å². The van der Waals surface area contributed by atoms with Crippen molar-refractivity contribution in [2.24, 2.45) is 0 Å². The Balaban J connectivity index is 2.77. The fraction of sp³-hybridized carbons (Fsp3) is 0.556. The Morgan fingerprint density at radius 1 is 1.65 bits per heavy atom. The van der Waals surface area contributed by atoms with Crippen LogP contribution in [0.25, 0.3) is 0 Å². The molecule has 0 saturated carbocycles. The van der Waals surface area contributed by atoms with Gasteiger partial charge in [0.1, 0.15) is 6.33 Å². The maximum atomic E-state index is 10.8. The van der Waals surface area contributed by atoms with Crippen LogP contribution in [0.5, 0.6) is 0 Å². The fourth-order valence-electron chi connectivity index (χ4n) is 1.35. The topological polar surface area (TPSA) is 127 Å². The number of rotatable bonds is 6. The number of hydrogen-bond acceptors (Lipinski definition) is 7. The highest BCUT2D eigenvalue weighted by atomic mass is 16.6. The van der Waals surface area contributed by atoms with E-state index in [1.165, 1.54) is 0 Å². The molecule has 0 bridgehead atoms. The molecule has 0 aliphatic heterocycles. The third-order valence-electron chi connectivity index (χ3n) is 2.16. The van der Waals surface area contributed by atoms with Crippen LogP contribution in [0, 0.1) is 10.1 Å². The molecule has 0 aliphatic rings. The summed E-state index contributed by atoms with van der Waals surface area (Å²) in [7, 11) is 0. The van der Waals surface area contributed by atoms with Crippen molar-refractivity contribution in [3.63, 3.8) is 0 Å². The molecule has 1 heterocycles. The predicted octanol–water partition coefficient (Wildman–Crippen LogP) is 0.540. The summed E-state index contributed by atoms with van der Waals surface area (Å²) in [6.07, 6.45) is 2.01. The number of nitrogens with two attached hydrogens (primary N) is 1. The van der Waals surface area contributed by atoms with E-state index in [9.17, 15) is 15.2 Å². The third-order valence-corrected chi connectivity index (χ3v) is 2.16. The zero-order valence-electron chi connectivity index (χ0n) is 9.46.